The van der Waals surface area contributed by atoms with E-state index < -0.39 is 75.7 Å². The Bertz CT molecular complexity index is 1250. The largest absolute Gasteiger partial charge is 0.472 e. The van der Waals surface area contributed by atoms with Crippen molar-refractivity contribution in [2.45, 2.75) is 313 Å². The SMILES string of the molecule is CCCCCCCCCC/C=C\CCCCCCCCCCCC(=O)OC(COC(=O)CCCCCCCCCCCCCCCCCCCCC)COP(=O)(O)OC1C(O)C(O)C(O)C(O)C1O. The highest BCUT2D eigenvalue weighted by molar-refractivity contribution is 7.47. The van der Waals surface area contributed by atoms with E-state index in [4.69, 9.17) is 18.5 Å². The van der Waals surface area contributed by atoms with E-state index >= 15 is 0 Å². The van der Waals surface area contributed by atoms with Gasteiger partial charge in [0.1, 0.15) is 43.2 Å². The van der Waals surface area contributed by atoms with Gasteiger partial charge in [0.2, 0.25) is 0 Å². The van der Waals surface area contributed by atoms with Crippen molar-refractivity contribution in [2.24, 2.45) is 0 Å². The third-order valence-electron chi connectivity index (χ3n) is 13.6. The molecule has 0 aromatic carbocycles. The molecule has 1 fully saturated rings. The molecule has 0 radical (unpaired) electrons. The molecule has 0 aliphatic heterocycles. The van der Waals surface area contributed by atoms with Crippen molar-refractivity contribution in [2.75, 3.05) is 13.2 Å². The van der Waals surface area contributed by atoms with Gasteiger partial charge in [-0.15, -0.1) is 0 Å². The summed E-state index contributed by atoms with van der Waals surface area (Å²) in [4.78, 5) is 35.9. The number of carbonyl (C=O) groups excluding carboxylic acids is 2. The van der Waals surface area contributed by atoms with E-state index in [1.54, 1.807) is 0 Å². The van der Waals surface area contributed by atoms with Gasteiger partial charge in [0.05, 0.1) is 6.61 Å². The first kappa shape index (κ1) is 65.6. The molecule has 14 heteroatoms. The maximum absolute atomic E-state index is 12.9. The first-order valence-electron chi connectivity index (χ1n) is 28.5. The molecule has 1 rings (SSSR count). The van der Waals surface area contributed by atoms with E-state index in [0.29, 0.717) is 12.8 Å². The maximum Gasteiger partial charge on any atom is 0.472 e. The molecule has 6 unspecified atom stereocenters. The molecule has 0 bridgehead atoms. The van der Waals surface area contributed by atoms with Gasteiger partial charge in [-0.1, -0.05) is 231 Å². The number of unbranched alkanes of at least 4 members (excludes halogenated alkanes) is 35. The van der Waals surface area contributed by atoms with E-state index in [2.05, 4.69) is 26.0 Å². The van der Waals surface area contributed by atoms with Gasteiger partial charge in [-0.25, -0.2) is 4.57 Å². The van der Waals surface area contributed by atoms with Crippen molar-refractivity contribution in [1.29, 1.82) is 0 Å². The number of carbonyl (C=O) groups is 2. The summed E-state index contributed by atoms with van der Waals surface area (Å²) < 4.78 is 33.7. The first-order chi connectivity index (χ1) is 33.4. The van der Waals surface area contributed by atoms with Crippen LogP contribution in [0.1, 0.15) is 271 Å². The summed E-state index contributed by atoms with van der Waals surface area (Å²) in [6, 6.07) is 0. The van der Waals surface area contributed by atoms with Crippen LogP contribution >= 0.6 is 7.82 Å². The Morgan fingerprint density at radius 3 is 1.10 bits per heavy atom. The summed E-state index contributed by atoms with van der Waals surface area (Å²) in [6.45, 7) is 3.36. The lowest BCUT2D eigenvalue weighted by Crippen LogP contribution is -2.64. The highest BCUT2D eigenvalue weighted by Gasteiger charge is 2.51. The molecule has 0 aromatic rings. The molecule has 0 heterocycles. The second-order valence-corrected chi connectivity index (χ2v) is 21.6. The number of aliphatic hydroxyl groups excluding tert-OH is 5. The van der Waals surface area contributed by atoms with Gasteiger partial charge in [0.25, 0.3) is 0 Å². The second-order valence-electron chi connectivity index (χ2n) is 20.2. The smallest absolute Gasteiger partial charge is 0.462 e. The highest BCUT2D eigenvalue weighted by atomic mass is 31.2. The Balaban J connectivity index is 2.33. The first-order valence-corrected chi connectivity index (χ1v) is 30.0. The quantitative estimate of drug-likeness (QED) is 0.0145. The molecule has 0 saturated heterocycles. The van der Waals surface area contributed by atoms with Crippen LogP contribution in [0.4, 0.5) is 0 Å². The van der Waals surface area contributed by atoms with Gasteiger partial charge in [-0.2, -0.15) is 0 Å². The van der Waals surface area contributed by atoms with E-state index in [9.17, 15) is 44.6 Å². The molecule has 69 heavy (non-hydrogen) atoms. The number of esters is 2. The van der Waals surface area contributed by atoms with Gasteiger partial charge in [-0.3, -0.25) is 18.6 Å². The zero-order valence-electron chi connectivity index (χ0n) is 43.9. The fraction of sp³-hybridized carbons (Fsp3) is 0.927. The van der Waals surface area contributed by atoms with Crippen molar-refractivity contribution in [3.05, 3.63) is 12.2 Å². The zero-order valence-corrected chi connectivity index (χ0v) is 44.8. The number of hydrogen-bond donors (Lipinski definition) is 6. The van der Waals surface area contributed by atoms with Crippen LogP contribution in [0.3, 0.4) is 0 Å². The standard InChI is InChI=1S/C55H105O13P/c1-3-5-7-9-11-13-15-17-19-21-23-24-26-28-30-32-34-36-38-40-42-44-49(57)67-47(46-66-69(63,64)68-55-53(61)51(59)50(58)52(60)54(55)62)45-65-48(56)43-41-39-37-35-33-31-29-27-25-22-20-18-16-14-12-10-8-6-4-2/h21,23,47,50-55,58-62H,3-20,22,24-46H2,1-2H3,(H,63,64)/b23-21-. The monoisotopic (exact) mass is 1000 g/mol. The zero-order chi connectivity index (χ0) is 50.6. The van der Waals surface area contributed by atoms with Crippen molar-refractivity contribution in [1.82, 2.24) is 0 Å². The third-order valence-corrected chi connectivity index (χ3v) is 14.6. The minimum Gasteiger partial charge on any atom is -0.462 e. The summed E-state index contributed by atoms with van der Waals surface area (Å²) in [6.07, 6.45) is 38.3. The molecule has 6 N–H and O–H groups in total. The molecule has 0 spiro atoms. The number of hydrogen-bond acceptors (Lipinski definition) is 12. The van der Waals surface area contributed by atoms with Crippen LogP contribution in [-0.4, -0.2) is 98.3 Å². The lowest BCUT2D eigenvalue weighted by atomic mass is 9.85. The average molecular weight is 1010 g/mol. The summed E-state index contributed by atoms with van der Waals surface area (Å²) in [5.41, 5.74) is 0. The van der Waals surface area contributed by atoms with E-state index in [1.807, 2.05) is 0 Å². The predicted octanol–water partition coefficient (Wildman–Crippen LogP) is 13.0. The number of rotatable bonds is 49. The molecule has 1 aliphatic rings. The van der Waals surface area contributed by atoms with Gasteiger partial charge < -0.3 is 39.9 Å². The summed E-state index contributed by atoms with van der Waals surface area (Å²) >= 11 is 0. The van der Waals surface area contributed by atoms with Gasteiger partial charge in [-0.05, 0) is 38.5 Å². The fourth-order valence-corrected chi connectivity index (χ4v) is 10.0. The van der Waals surface area contributed by atoms with Crippen LogP contribution in [0.2, 0.25) is 0 Å². The lowest BCUT2D eigenvalue weighted by Gasteiger charge is -2.41. The Labute approximate surface area is 420 Å². The summed E-state index contributed by atoms with van der Waals surface area (Å²) in [5, 5.41) is 50.4. The molecule has 0 amide bonds. The topological polar surface area (TPSA) is 210 Å². The second kappa shape index (κ2) is 45.2. The fourth-order valence-electron chi connectivity index (χ4n) is 9.05. The number of phosphoric ester groups is 1. The Kier molecular flexibility index (Phi) is 43.0. The minimum atomic E-state index is -5.12. The van der Waals surface area contributed by atoms with Crippen LogP contribution in [-0.2, 0) is 32.7 Å². The van der Waals surface area contributed by atoms with Crippen LogP contribution in [0.5, 0.6) is 0 Å². The van der Waals surface area contributed by atoms with Gasteiger partial charge in [0.15, 0.2) is 6.10 Å². The predicted molar refractivity (Wildman–Crippen MR) is 277 cm³/mol. The van der Waals surface area contributed by atoms with E-state index in [-0.39, 0.29) is 12.8 Å². The molecular weight excluding hydrogens is 900 g/mol. The van der Waals surface area contributed by atoms with Crippen molar-refractivity contribution in [3.63, 3.8) is 0 Å². The molecule has 13 nitrogen and oxygen atoms in total. The summed E-state index contributed by atoms with van der Waals surface area (Å²) in [7, 11) is -5.12. The Morgan fingerprint density at radius 2 is 0.739 bits per heavy atom. The summed E-state index contributed by atoms with van der Waals surface area (Å²) in [5.74, 6) is -1.08. The molecule has 1 aliphatic carbocycles. The molecule has 1 saturated carbocycles. The van der Waals surface area contributed by atoms with Crippen molar-refractivity contribution in [3.8, 4) is 0 Å². The van der Waals surface area contributed by atoms with Crippen LogP contribution < -0.4 is 0 Å². The molecular formula is C55H105O13P. The van der Waals surface area contributed by atoms with E-state index in [0.717, 1.165) is 51.4 Å². The average Bonchev–Trinajstić information content (AvgIpc) is 3.33. The van der Waals surface area contributed by atoms with E-state index in [1.165, 1.54) is 180 Å². The Morgan fingerprint density at radius 1 is 0.435 bits per heavy atom. The number of aliphatic hydroxyl groups is 5. The number of ether oxygens (including phenoxy) is 2. The molecule has 408 valence electrons. The maximum atomic E-state index is 12.9. The van der Waals surface area contributed by atoms with Gasteiger partial charge >= 0.3 is 19.8 Å². The lowest BCUT2D eigenvalue weighted by molar-refractivity contribution is -0.220. The number of phosphoric acid groups is 1. The molecule has 0 aromatic heterocycles. The minimum absolute atomic E-state index is 0.0994. The van der Waals surface area contributed by atoms with Crippen LogP contribution in [0.25, 0.3) is 0 Å². The van der Waals surface area contributed by atoms with Crippen molar-refractivity contribution < 1.29 is 63.1 Å². The van der Waals surface area contributed by atoms with Crippen LogP contribution in [0.15, 0.2) is 12.2 Å². The molecule has 6 atom stereocenters. The third kappa shape index (κ3) is 37.1. The Hall–Kier alpha value is -1.41. The number of allylic oxidation sites excluding steroid dienone is 2. The van der Waals surface area contributed by atoms with Crippen molar-refractivity contribution >= 4 is 19.8 Å². The van der Waals surface area contributed by atoms with Gasteiger partial charge in [0, 0.05) is 12.8 Å². The normalized spacial score (nSPS) is 20.9. The highest BCUT2D eigenvalue weighted by Crippen LogP contribution is 2.47. The van der Waals surface area contributed by atoms with Crippen LogP contribution in [0, 0.1) is 0 Å².